The molecule has 6 heteroatoms. The lowest BCUT2D eigenvalue weighted by molar-refractivity contribution is 0.0953. The van der Waals surface area contributed by atoms with Crippen LogP contribution in [0.2, 0.25) is 0 Å². The number of hydrogen-bond acceptors (Lipinski definition) is 3. The van der Waals surface area contributed by atoms with E-state index in [9.17, 15) is 4.79 Å². The van der Waals surface area contributed by atoms with Gasteiger partial charge < -0.3 is 14.6 Å². The zero-order valence-corrected chi connectivity index (χ0v) is 23.6. The number of imidazole rings is 1. The van der Waals surface area contributed by atoms with Crippen molar-refractivity contribution in [2.24, 2.45) is 0 Å². The molecule has 4 aromatic rings. The third-order valence-corrected chi connectivity index (χ3v) is 7.00. The number of aryl methyl sites for hydroxylation is 2. The van der Waals surface area contributed by atoms with E-state index in [1.54, 1.807) is 0 Å². The van der Waals surface area contributed by atoms with Gasteiger partial charge in [0.2, 0.25) is 0 Å². The summed E-state index contributed by atoms with van der Waals surface area (Å²) in [5.74, 6) is 1.94. The molecule has 5 nitrogen and oxygen atoms in total. The second kappa shape index (κ2) is 12.4. The molecule has 4 rings (SSSR count). The molecule has 0 saturated heterocycles. The standard InChI is InChI=1S/C31H36BrN3O2/c1-31(2,3)24-14-18-26(19-15-24)37-22-7-6-21-35-28-10-5-4-9-27(28)34-29(35)11-8-20-33-30(36)23-12-16-25(32)17-13-23/h4-5,9-10,12-19H,6-8,11,20-22H2,1-3H3,(H,33,36). The Kier molecular flexibility index (Phi) is 9.04. The molecule has 1 N–H and O–H groups in total. The topological polar surface area (TPSA) is 56.1 Å². The molecule has 1 amide bonds. The molecule has 194 valence electrons. The molecule has 0 aliphatic rings. The van der Waals surface area contributed by atoms with E-state index in [-0.39, 0.29) is 11.3 Å². The fourth-order valence-electron chi connectivity index (χ4n) is 4.33. The summed E-state index contributed by atoms with van der Waals surface area (Å²) in [4.78, 5) is 17.3. The Balaban J connectivity index is 1.27. The van der Waals surface area contributed by atoms with Gasteiger partial charge in [0.05, 0.1) is 17.6 Å². The lowest BCUT2D eigenvalue weighted by Crippen LogP contribution is -2.25. The van der Waals surface area contributed by atoms with E-state index >= 15 is 0 Å². The van der Waals surface area contributed by atoms with Gasteiger partial charge in [-0.15, -0.1) is 0 Å². The molecule has 1 aromatic heterocycles. The Bertz CT molecular complexity index is 1310. The predicted molar refractivity (Wildman–Crippen MR) is 154 cm³/mol. The molecule has 0 fully saturated rings. The van der Waals surface area contributed by atoms with Gasteiger partial charge in [-0.25, -0.2) is 4.98 Å². The molecule has 37 heavy (non-hydrogen) atoms. The maximum atomic E-state index is 12.4. The van der Waals surface area contributed by atoms with Crippen molar-refractivity contribution >= 4 is 32.9 Å². The maximum Gasteiger partial charge on any atom is 0.251 e. The number of carbonyl (C=O) groups excluding carboxylic acids is 1. The van der Waals surface area contributed by atoms with Crippen LogP contribution >= 0.6 is 15.9 Å². The zero-order valence-electron chi connectivity index (χ0n) is 22.0. The van der Waals surface area contributed by atoms with Gasteiger partial charge in [0.1, 0.15) is 11.6 Å². The zero-order chi connectivity index (χ0) is 26.3. The van der Waals surface area contributed by atoms with Crippen LogP contribution in [0.5, 0.6) is 5.75 Å². The number of fused-ring (bicyclic) bond motifs is 1. The van der Waals surface area contributed by atoms with E-state index in [0.29, 0.717) is 18.7 Å². The van der Waals surface area contributed by atoms with Crippen LogP contribution in [-0.2, 0) is 18.4 Å². The fraction of sp³-hybridized carbons (Fsp3) is 0.355. The highest BCUT2D eigenvalue weighted by molar-refractivity contribution is 9.10. The lowest BCUT2D eigenvalue weighted by atomic mass is 9.87. The van der Waals surface area contributed by atoms with Gasteiger partial charge in [-0.3, -0.25) is 4.79 Å². The number of nitrogens with zero attached hydrogens (tertiary/aromatic N) is 2. The van der Waals surface area contributed by atoms with Crippen molar-refractivity contribution in [1.82, 2.24) is 14.9 Å². The largest absolute Gasteiger partial charge is 0.494 e. The molecule has 0 saturated carbocycles. The summed E-state index contributed by atoms with van der Waals surface area (Å²) < 4.78 is 9.27. The average Bonchev–Trinajstić information content (AvgIpc) is 3.24. The number of nitrogens with one attached hydrogen (secondary N) is 1. The number of unbranched alkanes of at least 4 members (excludes halogenated alkanes) is 1. The van der Waals surface area contributed by atoms with Gasteiger partial charge in [-0.2, -0.15) is 0 Å². The van der Waals surface area contributed by atoms with E-state index < -0.39 is 0 Å². The first kappa shape index (κ1) is 26.9. The quantitative estimate of drug-likeness (QED) is 0.195. The van der Waals surface area contributed by atoms with Crippen molar-refractivity contribution in [3.05, 3.63) is 94.2 Å². The molecule has 0 radical (unpaired) electrons. The summed E-state index contributed by atoms with van der Waals surface area (Å²) in [5, 5.41) is 3.02. The smallest absolute Gasteiger partial charge is 0.251 e. The molecular weight excluding hydrogens is 526 g/mol. The molecule has 0 unspecified atom stereocenters. The van der Waals surface area contributed by atoms with Gasteiger partial charge in [0.25, 0.3) is 5.91 Å². The van der Waals surface area contributed by atoms with Gasteiger partial charge in [-0.05, 0) is 78.8 Å². The number of hydrogen-bond donors (Lipinski definition) is 1. The van der Waals surface area contributed by atoms with Crippen molar-refractivity contribution in [2.75, 3.05) is 13.2 Å². The van der Waals surface area contributed by atoms with Crippen LogP contribution in [0, 0.1) is 0 Å². The summed E-state index contributed by atoms with van der Waals surface area (Å²) in [6, 6.07) is 24.1. The SMILES string of the molecule is CC(C)(C)c1ccc(OCCCCn2c(CCCNC(=O)c3ccc(Br)cc3)nc3ccccc32)cc1. The minimum Gasteiger partial charge on any atom is -0.494 e. The van der Waals surface area contributed by atoms with Crippen LogP contribution in [0.25, 0.3) is 11.0 Å². The number of ether oxygens (including phenoxy) is 1. The van der Waals surface area contributed by atoms with E-state index in [2.05, 4.69) is 89.0 Å². The highest BCUT2D eigenvalue weighted by atomic mass is 79.9. The second-order valence-corrected chi connectivity index (χ2v) is 11.3. The Labute approximate surface area is 228 Å². The maximum absolute atomic E-state index is 12.4. The minimum atomic E-state index is -0.0472. The molecule has 0 aliphatic heterocycles. The van der Waals surface area contributed by atoms with Crippen molar-refractivity contribution in [3.8, 4) is 5.75 Å². The lowest BCUT2D eigenvalue weighted by Gasteiger charge is -2.19. The van der Waals surface area contributed by atoms with Gasteiger partial charge in [0.15, 0.2) is 0 Å². The normalized spacial score (nSPS) is 11.6. The molecule has 3 aromatic carbocycles. The monoisotopic (exact) mass is 561 g/mol. The van der Waals surface area contributed by atoms with Crippen LogP contribution in [0.4, 0.5) is 0 Å². The van der Waals surface area contributed by atoms with Crippen molar-refractivity contribution in [2.45, 2.75) is 58.4 Å². The number of carbonyl (C=O) groups is 1. The number of aromatic nitrogens is 2. The third-order valence-electron chi connectivity index (χ3n) is 6.47. The average molecular weight is 563 g/mol. The van der Waals surface area contributed by atoms with Crippen molar-refractivity contribution in [3.63, 3.8) is 0 Å². The predicted octanol–water partition coefficient (Wildman–Crippen LogP) is 7.32. The van der Waals surface area contributed by atoms with Gasteiger partial charge in [0, 0.05) is 29.5 Å². The summed E-state index contributed by atoms with van der Waals surface area (Å²) in [7, 11) is 0. The van der Waals surface area contributed by atoms with Gasteiger partial charge >= 0.3 is 0 Å². The Morgan fingerprint density at radius 1 is 0.946 bits per heavy atom. The Morgan fingerprint density at radius 2 is 1.68 bits per heavy atom. The van der Waals surface area contributed by atoms with Gasteiger partial charge in [-0.1, -0.05) is 61.0 Å². The summed E-state index contributed by atoms with van der Waals surface area (Å²) >= 11 is 3.40. The summed E-state index contributed by atoms with van der Waals surface area (Å²) in [6.45, 7) is 8.86. The molecule has 0 spiro atoms. The Hall–Kier alpha value is -3.12. The molecular formula is C31H36BrN3O2. The van der Waals surface area contributed by atoms with E-state index in [0.717, 1.165) is 59.3 Å². The third kappa shape index (κ3) is 7.45. The van der Waals surface area contributed by atoms with E-state index in [4.69, 9.17) is 9.72 Å². The number of amides is 1. The minimum absolute atomic E-state index is 0.0472. The van der Waals surface area contributed by atoms with Crippen LogP contribution in [0.15, 0.2) is 77.3 Å². The summed E-state index contributed by atoms with van der Waals surface area (Å²) in [5.41, 5.74) is 4.31. The number of halogens is 1. The molecule has 0 atom stereocenters. The fourth-order valence-corrected chi connectivity index (χ4v) is 4.59. The van der Waals surface area contributed by atoms with E-state index in [1.165, 1.54) is 5.56 Å². The molecule has 0 aliphatic carbocycles. The van der Waals surface area contributed by atoms with Crippen LogP contribution < -0.4 is 10.1 Å². The Morgan fingerprint density at radius 3 is 2.41 bits per heavy atom. The van der Waals surface area contributed by atoms with Crippen LogP contribution in [0.3, 0.4) is 0 Å². The first-order valence-electron chi connectivity index (χ1n) is 13.0. The number of benzene rings is 3. The first-order valence-corrected chi connectivity index (χ1v) is 13.8. The number of rotatable bonds is 11. The number of para-hydroxylation sites is 2. The first-order chi connectivity index (χ1) is 17.8. The molecule has 0 bridgehead atoms. The van der Waals surface area contributed by atoms with Crippen LogP contribution in [-0.4, -0.2) is 28.6 Å². The highest BCUT2D eigenvalue weighted by Crippen LogP contribution is 2.24. The van der Waals surface area contributed by atoms with Crippen LogP contribution in [0.1, 0.15) is 61.8 Å². The molecule has 1 heterocycles. The van der Waals surface area contributed by atoms with Crippen molar-refractivity contribution in [1.29, 1.82) is 0 Å². The second-order valence-electron chi connectivity index (χ2n) is 10.4. The highest BCUT2D eigenvalue weighted by Gasteiger charge is 2.13. The summed E-state index contributed by atoms with van der Waals surface area (Å²) in [6.07, 6.45) is 3.62. The van der Waals surface area contributed by atoms with E-state index in [1.807, 2.05) is 30.3 Å². The van der Waals surface area contributed by atoms with Crippen molar-refractivity contribution < 1.29 is 9.53 Å².